The van der Waals surface area contributed by atoms with E-state index in [0.29, 0.717) is 53.3 Å². The minimum atomic E-state index is -0.464. The third-order valence-corrected chi connectivity index (χ3v) is 9.21. The highest BCUT2D eigenvalue weighted by molar-refractivity contribution is 6.42. The molecule has 8 nitrogen and oxygen atoms in total. The van der Waals surface area contributed by atoms with Crippen LogP contribution in [-0.4, -0.2) is 78.3 Å². The number of anilines is 1. The minimum Gasteiger partial charge on any atom is -0.490 e. The molecule has 0 spiro atoms. The van der Waals surface area contributed by atoms with E-state index in [0.717, 1.165) is 30.4 Å². The van der Waals surface area contributed by atoms with Gasteiger partial charge in [0.2, 0.25) is 5.91 Å². The minimum absolute atomic E-state index is 0.0656. The van der Waals surface area contributed by atoms with E-state index < -0.39 is 6.04 Å². The van der Waals surface area contributed by atoms with Gasteiger partial charge in [0.1, 0.15) is 5.75 Å². The van der Waals surface area contributed by atoms with Crippen LogP contribution in [-0.2, 0) is 22.5 Å². The zero-order valence-corrected chi connectivity index (χ0v) is 29.3. The fourth-order valence-electron chi connectivity index (χ4n) is 5.77. The number of hydrogen-bond donors (Lipinski definition) is 2. The van der Waals surface area contributed by atoms with Crippen LogP contribution >= 0.6 is 23.2 Å². The van der Waals surface area contributed by atoms with Crippen molar-refractivity contribution < 1.29 is 24.2 Å². The number of benzene rings is 3. The number of aliphatic hydroxyl groups is 1. The summed E-state index contributed by atoms with van der Waals surface area (Å²) in [6, 6.07) is 19.9. The maximum Gasteiger partial charge on any atom is 0.258 e. The lowest BCUT2D eigenvalue weighted by molar-refractivity contribution is -0.115. The van der Waals surface area contributed by atoms with Crippen molar-refractivity contribution in [1.29, 1.82) is 0 Å². The Hall–Kier alpha value is -3.14. The number of amides is 2. The van der Waals surface area contributed by atoms with E-state index in [1.807, 2.05) is 63.4 Å². The Bertz CT molecular complexity index is 1470. The summed E-state index contributed by atoms with van der Waals surface area (Å²) in [4.78, 5) is 31.1. The van der Waals surface area contributed by atoms with Crippen molar-refractivity contribution in [2.24, 2.45) is 5.92 Å². The summed E-state index contributed by atoms with van der Waals surface area (Å²) in [6.07, 6.45) is 2.48. The van der Waals surface area contributed by atoms with Gasteiger partial charge in [-0.1, -0.05) is 66.5 Å². The number of hydrogen-bond acceptors (Lipinski definition) is 6. The van der Waals surface area contributed by atoms with E-state index in [4.69, 9.17) is 32.7 Å². The van der Waals surface area contributed by atoms with Crippen LogP contribution in [0.5, 0.6) is 5.75 Å². The first-order chi connectivity index (χ1) is 22.5. The third-order valence-electron chi connectivity index (χ3n) is 8.47. The van der Waals surface area contributed by atoms with E-state index in [1.165, 1.54) is 0 Å². The number of rotatable bonds is 9. The van der Waals surface area contributed by atoms with E-state index in [1.54, 1.807) is 29.2 Å². The van der Waals surface area contributed by atoms with Gasteiger partial charge in [0, 0.05) is 37.8 Å². The molecule has 254 valence electrons. The van der Waals surface area contributed by atoms with Crippen molar-refractivity contribution in [2.45, 2.75) is 71.2 Å². The highest BCUT2D eigenvalue weighted by Crippen LogP contribution is 2.29. The molecule has 3 aromatic carbocycles. The quantitative estimate of drug-likeness (QED) is 0.250. The molecular weight excluding hydrogens is 637 g/mol. The number of fused-ring (bicyclic) bond motifs is 1. The predicted molar refractivity (Wildman–Crippen MR) is 188 cm³/mol. The van der Waals surface area contributed by atoms with Gasteiger partial charge in [0.15, 0.2) is 0 Å². The molecule has 4 atom stereocenters. The molecule has 1 aliphatic rings. The van der Waals surface area contributed by atoms with E-state index >= 15 is 0 Å². The molecule has 0 aromatic heterocycles. The normalized spacial score (nSPS) is 20.2. The summed E-state index contributed by atoms with van der Waals surface area (Å²) < 4.78 is 12.8. The fourth-order valence-corrected chi connectivity index (χ4v) is 6.09. The molecule has 1 aliphatic heterocycles. The van der Waals surface area contributed by atoms with Crippen molar-refractivity contribution in [1.82, 2.24) is 9.80 Å². The monoisotopic (exact) mass is 683 g/mol. The standard InChI is InChI=1S/C37H47Cl2N3O5/c1-25-21-42(26(2)24-43)37(45)31-20-30(40-36(44)19-28-11-6-5-7-12-28)14-16-34(31)47-27(3)10-8-9-17-46-35(25)23-41(4)22-29-13-15-32(38)33(39)18-29/h5-7,11-16,18,20,25-27,35,43H,8-10,17,19,21-24H2,1-4H3,(H,40,44)/t25-,26-,27+,35+/m0/s1. The van der Waals surface area contributed by atoms with Gasteiger partial charge in [0.25, 0.3) is 5.91 Å². The van der Waals surface area contributed by atoms with Gasteiger partial charge < -0.3 is 24.8 Å². The summed E-state index contributed by atoms with van der Waals surface area (Å²) in [6.45, 7) is 7.92. The summed E-state index contributed by atoms with van der Waals surface area (Å²) in [5.41, 5.74) is 2.78. The second-order valence-electron chi connectivity index (χ2n) is 12.7. The van der Waals surface area contributed by atoms with E-state index in [9.17, 15) is 14.7 Å². The van der Waals surface area contributed by atoms with Gasteiger partial charge in [-0.3, -0.25) is 14.5 Å². The molecule has 0 aliphatic carbocycles. The van der Waals surface area contributed by atoms with Crippen LogP contribution in [0, 0.1) is 5.92 Å². The maximum atomic E-state index is 14.4. The summed E-state index contributed by atoms with van der Waals surface area (Å²) in [5.74, 6) is -0.0699. The van der Waals surface area contributed by atoms with Crippen molar-refractivity contribution >= 4 is 40.7 Å². The first kappa shape index (κ1) is 36.7. The van der Waals surface area contributed by atoms with Gasteiger partial charge in [-0.15, -0.1) is 0 Å². The zero-order valence-electron chi connectivity index (χ0n) is 27.8. The number of carbonyl (C=O) groups excluding carboxylic acids is 2. The van der Waals surface area contributed by atoms with Crippen molar-refractivity contribution in [3.63, 3.8) is 0 Å². The van der Waals surface area contributed by atoms with Crippen LogP contribution in [0.4, 0.5) is 5.69 Å². The average molecular weight is 685 g/mol. The van der Waals surface area contributed by atoms with Gasteiger partial charge >= 0.3 is 0 Å². The topological polar surface area (TPSA) is 91.3 Å². The molecule has 0 fully saturated rings. The van der Waals surface area contributed by atoms with Gasteiger partial charge in [-0.05, 0) is 81.6 Å². The third kappa shape index (κ3) is 10.9. The lowest BCUT2D eigenvalue weighted by atomic mass is 10.0. The van der Waals surface area contributed by atoms with E-state index in [2.05, 4.69) is 17.1 Å². The largest absolute Gasteiger partial charge is 0.490 e. The molecule has 1 heterocycles. The lowest BCUT2D eigenvalue weighted by Crippen LogP contribution is -2.47. The second kappa shape index (κ2) is 17.9. The SMILES string of the molecule is C[C@@H]1CCCCO[C@H](CN(C)Cc2ccc(Cl)c(Cl)c2)[C@@H](C)CN([C@@H](C)CO)C(=O)c2cc(NC(=O)Cc3ccccc3)ccc2O1. The Morgan fingerprint density at radius 1 is 1.04 bits per heavy atom. The molecule has 0 saturated heterocycles. The molecule has 47 heavy (non-hydrogen) atoms. The lowest BCUT2D eigenvalue weighted by Gasteiger charge is -2.36. The number of halogens is 2. The molecule has 0 unspecified atom stereocenters. The molecule has 3 aromatic rings. The second-order valence-corrected chi connectivity index (χ2v) is 13.5. The number of nitrogens with zero attached hydrogens (tertiary/aromatic N) is 2. The summed E-state index contributed by atoms with van der Waals surface area (Å²) in [7, 11) is 2.03. The predicted octanol–water partition coefficient (Wildman–Crippen LogP) is 7.10. The maximum absolute atomic E-state index is 14.4. The van der Waals surface area contributed by atoms with Crippen LogP contribution in [0.3, 0.4) is 0 Å². The molecular formula is C37H47Cl2N3O5. The Kier molecular flexibility index (Phi) is 13.9. The Morgan fingerprint density at radius 2 is 1.81 bits per heavy atom. The molecule has 0 saturated carbocycles. The Labute approximate surface area is 288 Å². The molecule has 4 rings (SSSR count). The smallest absolute Gasteiger partial charge is 0.258 e. The first-order valence-corrected chi connectivity index (χ1v) is 17.1. The van der Waals surface area contributed by atoms with Crippen molar-refractivity contribution in [2.75, 3.05) is 38.7 Å². The highest BCUT2D eigenvalue weighted by atomic mass is 35.5. The van der Waals surface area contributed by atoms with Crippen molar-refractivity contribution in [3.05, 3.63) is 93.5 Å². The van der Waals surface area contributed by atoms with Crippen LogP contribution in [0.2, 0.25) is 10.0 Å². The average Bonchev–Trinajstić information content (AvgIpc) is 3.04. The van der Waals surface area contributed by atoms with Crippen LogP contribution in [0.15, 0.2) is 66.7 Å². The molecule has 0 bridgehead atoms. The van der Waals surface area contributed by atoms with E-state index in [-0.39, 0.29) is 43.0 Å². The Morgan fingerprint density at radius 3 is 2.53 bits per heavy atom. The number of aliphatic hydroxyl groups excluding tert-OH is 1. The Balaban J connectivity index is 1.58. The van der Waals surface area contributed by atoms with Crippen LogP contribution in [0.1, 0.15) is 61.5 Å². The zero-order chi connectivity index (χ0) is 33.9. The van der Waals surface area contributed by atoms with Crippen LogP contribution < -0.4 is 10.1 Å². The number of nitrogens with one attached hydrogen (secondary N) is 1. The molecule has 10 heteroatoms. The number of ether oxygens (including phenoxy) is 2. The van der Waals surface area contributed by atoms with Gasteiger partial charge in [-0.2, -0.15) is 0 Å². The molecule has 2 N–H and O–H groups in total. The fraction of sp³-hybridized carbons (Fsp3) is 0.459. The van der Waals surface area contributed by atoms with Gasteiger partial charge in [0.05, 0.1) is 46.9 Å². The molecule has 0 radical (unpaired) electrons. The van der Waals surface area contributed by atoms with Crippen molar-refractivity contribution in [3.8, 4) is 5.75 Å². The number of carbonyl (C=O) groups is 2. The summed E-state index contributed by atoms with van der Waals surface area (Å²) >= 11 is 12.4. The highest BCUT2D eigenvalue weighted by Gasteiger charge is 2.30. The summed E-state index contributed by atoms with van der Waals surface area (Å²) in [5, 5.41) is 14.2. The first-order valence-electron chi connectivity index (χ1n) is 16.3. The van der Waals surface area contributed by atoms with Crippen LogP contribution in [0.25, 0.3) is 0 Å². The number of likely N-dealkylation sites (N-methyl/N-ethyl adjacent to an activating group) is 1. The molecule has 2 amide bonds. The van der Waals surface area contributed by atoms with Gasteiger partial charge in [-0.25, -0.2) is 0 Å².